The molecule has 5 heteroatoms. The topological polar surface area (TPSA) is 35.2 Å². The van der Waals surface area contributed by atoms with E-state index in [1.807, 2.05) is 0 Å². The summed E-state index contributed by atoms with van der Waals surface area (Å²) in [6, 6.07) is 4.00. The first-order valence-corrected chi connectivity index (χ1v) is 5.39. The summed E-state index contributed by atoms with van der Waals surface area (Å²) in [6.45, 7) is 3.98. The fourth-order valence-electron chi connectivity index (χ4n) is 1.60. The monoisotopic (exact) mass is 247 g/mol. The third kappa shape index (κ3) is 4.26. The molecule has 0 aliphatic carbocycles. The van der Waals surface area contributed by atoms with Gasteiger partial charge in [0, 0.05) is 11.6 Å². The van der Waals surface area contributed by atoms with Crippen molar-refractivity contribution in [2.24, 2.45) is 5.73 Å². The van der Waals surface area contributed by atoms with E-state index in [9.17, 15) is 13.2 Å². The lowest BCUT2D eigenvalue weighted by atomic mass is 10.0. The van der Waals surface area contributed by atoms with Crippen LogP contribution in [0.3, 0.4) is 0 Å². The Balaban J connectivity index is 2.97. The first-order chi connectivity index (χ1) is 7.83. The molecule has 0 heterocycles. The predicted molar refractivity (Wildman–Crippen MR) is 59.9 cm³/mol. The Labute approximate surface area is 98.6 Å². The number of hydrogen-bond donors (Lipinski definition) is 1. The number of alkyl halides is 3. The Morgan fingerprint density at radius 2 is 2.00 bits per heavy atom. The summed E-state index contributed by atoms with van der Waals surface area (Å²) in [5.74, 6) is 0.426. The van der Waals surface area contributed by atoms with Gasteiger partial charge in [0.1, 0.15) is 5.75 Å². The standard InChI is InChI=1S/C12H16F3NO/c1-3-17-11-5-4-8(2)6-9(11)10(16)7-12(13,14)15/h4-6,10H,3,7,16H2,1-2H3. The first kappa shape index (κ1) is 13.8. The molecule has 0 radical (unpaired) electrons. The van der Waals surface area contributed by atoms with E-state index in [1.165, 1.54) is 0 Å². The second kappa shape index (κ2) is 5.40. The van der Waals surface area contributed by atoms with Gasteiger partial charge in [0.15, 0.2) is 0 Å². The third-order valence-corrected chi connectivity index (χ3v) is 2.32. The van der Waals surface area contributed by atoms with Crippen LogP contribution >= 0.6 is 0 Å². The van der Waals surface area contributed by atoms with E-state index in [-0.39, 0.29) is 0 Å². The van der Waals surface area contributed by atoms with E-state index in [0.717, 1.165) is 5.56 Å². The number of halogens is 3. The molecule has 0 aromatic heterocycles. The molecular weight excluding hydrogens is 231 g/mol. The van der Waals surface area contributed by atoms with Crippen molar-refractivity contribution in [2.75, 3.05) is 6.61 Å². The van der Waals surface area contributed by atoms with Gasteiger partial charge in [-0.25, -0.2) is 0 Å². The van der Waals surface area contributed by atoms with E-state index < -0.39 is 18.6 Å². The number of benzene rings is 1. The van der Waals surface area contributed by atoms with E-state index in [4.69, 9.17) is 10.5 Å². The molecule has 0 spiro atoms. The Bertz CT molecular complexity index is 377. The van der Waals surface area contributed by atoms with Crippen LogP contribution < -0.4 is 10.5 Å². The van der Waals surface area contributed by atoms with Crippen LogP contribution in [0.15, 0.2) is 18.2 Å². The molecule has 0 saturated heterocycles. The van der Waals surface area contributed by atoms with Crippen molar-refractivity contribution in [1.82, 2.24) is 0 Å². The number of aryl methyl sites for hydroxylation is 1. The van der Waals surface area contributed by atoms with Gasteiger partial charge in [0.05, 0.1) is 13.0 Å². The lowest BCUT2D eigenvalue weighted by Crippen LogP contribution is -2.21. The molecule has 2 nitrogen and oxygen atoms in total. The van der Waals surface area contributed by atoms with Crippen molar-refractivity contribution >= 4 is 0 Å². The minimum Gasteiger partial charge on any atom is -0.494 e. The predicted octanol–water partition coefficient (Wildman–Crippen LogP) is 3.35. The summed E-state index contributed by atoms with van der Waals surface area (Å²) in [5, 5.41) is 0. The van der Waals surface area contributed by atoms with Gasteiger partial charge < -0.3 is 10.5 Å². The maximum absolute atomic E-state index is 12.3. The van der Waals surface area contributed by atoms with Crippen LogP contribution in [0.4, 0.5) is 13.2 Å². The van der Waals surface area contributed by atoms with Crippen LogP contribution in [-0.2, 0) is 0 Å². The fraction of sp³-hybridized carbons (Fsp3) is 0.500. The smallest absolute Gasteiger partial charge is 0.390 e. The van der Waals surface area contributed by atoms with Crippen molar-refractivity contribution in [3.63, 3.8) is 0 Å². The molecule has 1 aromatic carbocycles. The number of nitrogens with two attached hydrogens (primary N) is 1. The van der Waals surface area contributed by atoms with E-state index in [1.54, 1.807) is 32.0 Å². The highest BCUT2D eigenvalue weighted by atomic mass is 19.4. The SMILES string of the molecule is CCOc1ccc(C)cc1C(N)CC(F)(F)F. The average Bonchev–Trinajstić information content (AvgIpc) is 2.18. The molecular formula is C12H16F3NO. The van der Waals surface area contributed by atoms with Crippen LogP contribution in [0, 0.1) is 6.92 Å². The molecule has 1 rings (SSSR count). The number of hydrogen-bond acceptors (Lipinski definition) is 2. The molecule has 0 amide bonds. The lowest BCUT2D eigenvalue weighted by Gasteiger charge is -2.18. The van der Waals surface area contributed by atoms with E-state index >= 15 is 0 Å². The Hall–Kier alpha value is -1.23. The largest absolute Gasteiger partial charge is 0.494 e. The second-order valence-electron chi connectivity index (χ2n) is 3.90. The van der Waals surface area contributed by atoms with E-state index in [2.05, 4.69) is 0 Å². The molecule has 0 fully saturated rings. The van der Waals surface area contributed by atoms with Crippen LogP contribution in [0.5, 0.6) is 5.75 Å². The van der Waals surface area contributed by atoms with E-state index in [0.29, 0.717) is 17.9 Å². The molecule has 96 valence electrons. The Kier molecular flexibility index (Phi) is 4.40. The first-order valence-electron chi connectivity index (χ1n) is 5.39. The summed E-state index contributed by atoms with van der Waals surface area (Å²) in [5.41, 5.74) is 6.85. The van der Waals surface area contributed by atoms with Gasteiger partial charge in [0.2, 0.25) is 0 Å². The van der Waals surface area contributed by atoms with Gasteiger partial charge in [0.25, 0.3) is 0 Å². The van der Waals surface area contributed by atoms with Gasteiger partial charge in [-0.05, 0) is 19.9 Å². The van der Waals surface area contributed by atoms with Crippen molar-refractivity contribution < 1.29 is 17.9 Å². The lowest BCUT2D eigenvalue weighted by molar-refractivity contribution is -0.138. The molecule has 1 aromatic rings. The molecule has 1 unspecified atom stereocenters. The maximum atomic E-state index is 12.3. The second-order valence-corrected chi connectivity index (χ2v) is 3.90. The van der Waals surface area contributed by atoms with Crippen LogP contribution in [0.25, 0.3) is 0 Å². The van der Waals surface area contributed by atoms with Crippen molar-refractivity contribution in [3.05, 3.63) is 29.3 Å². The highest BCUT2D eigenvalue weighted by Crippen LogP contribution is 2.33. The van der Waals surface area contributed by atoms with Gasteiger partial charge in [-0.15, -0.1) is 0 Å². The van der Waals surface area contributed by atoms with Gasteiger partial charge in [-0.1, -0.05) is 17.7 Å². The molecule has 2 N–H and O–H groups in total. The van der Waals surface area contributed by atoms with Crippen molar-refractivity contribution in [2.45, 2.75) is 32.5 Å². The van der Waals surface area contributed by atoms with Gasteiger partial charge >= 0.3 is 6.18 Å². The summed E-state index contributed by atoms with van der Waals surface area (Å²) < 4.78 is 42.1. The Morgan fingerprint density at radius 1 is 1.35 bits per heavy atom. The van der Waals surface area contributed by atoms with Crippen molar-refractivity contribution in [1.29, 1.82) is 0 Å². The third-order valence-electron chi connectivity index (χ3n) is 2.32. The van der Waals surface area contributed by atoms with Crippen LogP contribution in [0.1, 0.15) is 30.5 Å². The van der Waals surface area contributed by atoms with Crippen molar-refractivity contribution in [3.8, 4) is 5.75 Å². The average molecular weight is 247 g/mol. The fourth-order valence-corrected chi connectivity index (χ4v) is 1.60. The summed E-state index contributed by atoms with van der Waals surface area (Å²) in [7, 11) is 0. The summed E-state index contributed by atoms with van der Waals surface area (Å²) >= 11 is 0. The molecule has 17 heavy (non-hydrogen) atoms. The molecule has 0 bridgehead atoms. The molecule has 0 saturated carbocycles. The minimum absolute atomic E-state index is 0.398. The van der Waals surface area contributed by atoms with Crippen LogP contribution in [-0.4, -0.2) is 12.8 Å². The highest BCUT2D eigenvalue weighted by Gasteiger charge is 2.32. The number of ether oxygens (including phenoxy) is 1. The Morgan fingerprint density at radius 3 is 2.53 bits per heavy atom. The highest BCUT2D eigenvalue weighted by molar-refractivity contribution is 5.39. The maximum Gasteiger partial charge on any atom is 0.390 e. The van der Waals surface area contributed by atoms with Gasteiger partial charge in [-0.2, -0.15) is 13.2 Å². The normalized spacial score (nSPS) is 13.5. The zero-order valence-electron chi connectivity index (χ0n) is 9.84. The zero-order valence-corrected chi connectivity index (χ0v) is 9.84. The summed E-state index contributed by atoms with van der Waals surface area (Å²) in [4.78, 5) is 0. The van der Waals surface area contributed by atoms with Crippen LogP contribution in [0.2, 0.25) is 0 Å². The quantitative estimate of drug-likeness (QED) is 0.885. The zero-order chi connectivity index (χ0) is 13.1. The molecule has 1 atom stereocenters. The van der Waals surface area contributed by atoms with Gasteiger partial charge in [-0.3, -0.25) is 0 Å². The summed E-state index contributed by atoms with van der Waals surface area (Å²) in [6.07, 6.45) is -5.32. The number of rotatable bonds is 4. The molecule has 0 aliphatic rings. The molecule has 0 aliphatic heterocycles. The minimum atomic E-state index is -4.27.